The Balaban J connectivity index is 3.52. The Labute approximate surface area is 109 Å². The summed E-state index contributed by atoms with van der Waals surface area (Å²) in [7, 11) is 0. The van der Waals surface area contributed by atoms with Crippen molar-refractivity contribution < 1.29 is 19.4 Å². The third-order valence-corrected chi connectivity index (χ3v) is 2.22. The molecule has 0 aliphatic rings. The number of nitrogens with one attached hydrogen (secondary N) is 2. The standard InChI is InChI=1S/C12H26N2O4/c1-4-17-12(16)14-7-8-18-11(9-15)5-6-13-10(2)3/h10-11,13,15H,4-9H2,1-3H3,(H,14,16). The minimum absolute atomic E-state index is 0.0147. The van der Waals surface area contributed by atoms with Gasteiger partial charge in [-0.2, -0.15) is 0 Å². The van der Waals surface area contributed by atoms with Crippen LogP contribution in [-0.2, 0) is 9.47 Å². The number of aliphatic hydroxyl groups excluding tert-OH is 1. The Bertz CT molecular complexity index is 212. The van der Waals surface area contributed by atoms with Gasteiger partial charge in [-0.15, -0.1) is 0 Å². The van der Waals surface area contributed by atoms with Crippen LogP contribution in [0.2, 0.25) is 0 Å². The molecule has 0 radical (unpaired) electrons. The van der Waals surface area contributed by atoms with E-state index in [0.717, 1.165) is 13.0 Å². The molecule has 0 heterocycles. The molecular formula is C12H26N2O4. The first-order valence-electron chi connectivity index (χ1n) is 6.46. The van der Waals surface area contributed by atoms with E-state index in [0.29, 0.717) is 25.8 Å². The number of amides is 1. The third-order valence-electron chi connectivity index (χ3n) is 2.22. The van der Waals surface area contributed by atoms with Crippen molar-refractivity contribution in [3.63, 3.8) is 0 Å². The van der Waals surface area contributed by atoms with Gasteiger partial charge in [0.15, 0.2) is 0 Å². The zero-order chi connectivity index (χ0) is 13.8. The van der Waals surface area contributed by atoms with Gasteiger partial charge >= 0.3 is 6.09 Å². The van der Waals surface area contributed by atoms with E-state index in [1.807, 2.05) is 0 Å². The molecule has 0 saturated carbocycles. The molecule has 1 unspecified atom stereocenters. The lowest BCUT2D eigenvalue weighted by Gasteiger charge is -2.17. The molecule has 6 nitrogen and oxygen atoms in total. The molecule has 0 aliphatic heterocycles. The highest BCUT2D eigenvalue weighted by Crippen LogP contribution is 1.96. The second-order valence-corrected chi connectivity index (χ2v) is 4.22. The lowest BCUT2D eigenvalue weighted by Crippen LogP contribution is -2.32. The summed E-state index contributed by atoms with van der Waals surface area (Å²) in [4.78, 5) is 11.0. The quantitative estimate of drug-likeness (QED) is 0.500. The number of alkyl carbamates (subject to hydrolysis) is 1. The van der Waals surface area contributed by atoms with Crippen LogP contribution in [0.5, 0.6) is 0 Å². The second-order valence-electron chi connectivity index (χ2n) is 4.22. The van der Waals surface area contributed by atoms with Gasteiger partial charge in [0.2, 0.25) is 0 Å². The first kappa shape index (κ1) is 17.2. The topological polar surface area (TPSA) is 79.8 Å². The molecule has 6 heteroatoms. The Kier molecular flexibility index (Phi) is 10.7. The van der Waals surface area contributed by atoms with Gasteiger partial charge in [0.25, 0.3) is 0 Å². The first-order valence-corrected chi connectivity index (χ1v) is 6.46. The summed E-state index contributed by atoms with van der Waals surface area (Å²) in [5.41, 5.74) is 0. The van der Waals surface area contributed by atoms with Gasteiger partial charge in [0, 0.05) is 12.6 Å². The highest BCUT2D eigenvalue weighted by molar-refractivity contribution is 5.66. The van der Waals surface area contributed by atoms with Gasteiger partial charge in [0.1, 0.15) is 0 Å². The van der Waals surface area contributed by atoms with Crippen molar-refractivity contribution in [3.8, 4) is 0 Å². The fraction of sp³-hybridized carbons (Fsp3) is 0.917. The molecule has 3 N–H and O–H groups in total. The maximum Gasteiger partial charge on any atom is 0.407 e. The van der Waals surface area contributed by atoms with Crippen molar-refractivity contribution in [1.82, 2.24) is 10.6 Å². The van der Waals surface area contributed by atoms with Crippen LogP contribution in [0.1, 0.15) is 27.2 Å². The molecule has 18 heavy (non-hydrogen) atoms. The van der Waals surface area contributed by atoms with Crippen molar-refractivity contribution in [1.29, 1.82) is 0 Å². The van der Waals surface area contributed by atoms with Crippen LogP contribution in [0.25, 0.3) is 0 Å². The largest absolute Gasteiger partial charge is 0.450 e. The summed E-state index contributed by atoms with van der Waals surface area (Å²) in [5.74, 6) is 0. The predicted octanol–water partition coefficient (Wildman–Crippen LogP) is 0.498. The number of aliphatic hydroxyl groups is 1. The smallest absolute Gasteiger partial charge is 0.407 e. The highest BCUT2D eigenvalue weighted by atomic mass is 16.5. The van der Waals surface area contributed by atoms with Gasteiger partial charge in [-0.3, -0.25) is 0 Å². The van der Waals surface area contributed by atoms with E-state index in [4.69, 9.17) is 14.6 Å². The van der Waals surface area contributed by atoms with Crippen molar-refractivity contribution in [2.45, 2.75) is 39.3 Å². The maximum absolute atomic E-state index is 11.0. The van der Waals surface area contributed by atoms with Gasteiger partial charge in [0.05, 0.1) is 25.9 Å². The molecule has 0 aromatic heterocycles. The third kappa shape index (κ3) is 10.3. The molecule has 0 saturated heterocycles. The van der Waals surface area contributed by atoms with E-state index in [9.17, 15) is 4.79 Å². The molecule has 0 fully saturated rings. The summed E-state index contributed by atoms with van der Waals surface area (Å²) in [6, 6.07) is 0.426. The Hall–Kier alpha value is -0.850. The lowest BCUT2D eigenvalue weighted by molar-refractivity contribution is 0.00976. The van der Waals surface area contributed by atoms with E-state index >= 15 is 0 Å². The van der Waals surface area contributed by atoms with Gasteiger partial charge < -0.3 is 25.2 Å². The van der Waals surface area contributed by atoms with E-state index in [1.54, 1.807) is 6.92 Å². The highest BCUT2D eigenvalue weighted by Gasteiger charge is 2.08. The summed E-state index contributed by atoms with van der Waals surface area (Å²) < 4.78 is 10.1. The van der Waals surface area contributed by atoms with Crippen molar-refractivity contribution in [2.24, 2.45) is 0 Å². The SMILES string of the molecule is CCOC(=O)NCCOC(CO)CCNC(C)C. The van der Waals surface area contributed by atoms with Crippen molar-refractivity contribution in [2.75, 3.05) is 32.9 Å². The number of hydrogen-bond donors (Lipinski definition) is 3. The number of carbonyl (C=O) groups is 1. The zero-order valence-electron chi connectivity index (χ0n) is 11.6. The molecule has 108 valence electrons. The molecule has 0 bridgehead atoms. The molecular weight excluding hydrogens is 236 g/mol. The molecule has 0 spiro atoms. The number of carbonyl (C=O) groups excluding carboxylic acids is 1. The first-order chi connectivity index (χ1) is 8.60. The van der Waals surface area contributed by atoms with Crippen LogP contribution >= 0.6 is 0 Å². The van der Waals surface area contributed by atoms with Gasteiger partial charge in [-0.05, 0) is 19.9 Å². The van der Waals surface area contributed by atoms with E-state index < -0.39 is 6.09 Å². The maximum atomic E-state index is 11.0. The lowest BCUT2D eigenvalue weighted by atomic mass is 10.2. The van der Waals surface area contributed by atoms with Crippen LogP contribution in [-0.4, -0.2) is 56.3 Å². The van der Waals surface area contributed by atoms with E-state index in [1.165, 1.54) is 0 Å². The van der Waals surface area contributed by atoms with Gasteiger partial charge in [-0.1, -0.05) is 13.8 Å². The Morgan fingerprint density at radius 1 is 1.33 bits per heavy atom. The number of hydrogen-bond acceptors (Lipinski definition) is 5. The average molecular weight is 262 g/mol. The summed E-state index contributed by atoms with van der Waals surface area (Å²) in [6.45, 7) is 7.77. The monoisotopic (exact) mass is 262 g/mol. The van der Waals surface area contributed by atoms with Crippen LogP contribution in [0.15, 0.2) is 0 Å². The Morgan fingerprint density at radius 2 is 2.06 bits per heavy atom. The summed E-state index contributed by atoms with van der Waals surface area (Å²) in [5, 5.41) is 14.9. The minimum Gasteiger partial charge on any atom is -0.450 e. The minimum atomic E-state index is -0.442. The fourth-order valence-electron chi connectivity index (χ4n) is 1.32. The molecule has 1 amide bonds. The van der Waals surface area contributed by atoms with Crippen LogP contribution in [0, 0.1) is 0 Å². The van der Waals surface area contributed by atoms with Crippen LogP contribution < -0.4 is 10.6 Å². The summed E-state index contributed by atoms with van der Waals surface area (Å²) in [6.07, 6.45) is 0.108. The van der Waals surface area contributed by atoms with Crippen molar-refractivity contribution >= 4 is 6.09 Å². The summed E-state index contributed by atoms with van der Waals surface area (Å²) >= 11 is 0. The average Bonchev–Trinajstić information content (AvgIpc) is 2.32. The van der Waals surface area contributed by atoms with E-state index in [-0.39, 0.29) is 12.7 Å². The normalized spacial score (nSPS) is 12.5. The molecule has 0 aliphatic carbocycles. The van der Waals surface area contributed by atoms with Crippen LogP contribution in [0.4, 0.5) is 4.79 Å². The van der Waals surface area contributed by atoms with E-state index in [2.05, 4.69) is 24.5 Å². The number of ether oxygens (including phenoxy) is 2. The van der Waals surface area contributed by atoms with Crippen LogP contribution in [0.3, 0.4) is 0 Å². The zero-order valence-corrected chi connectivity index (χ0v) is 11.6. The number of rotatable bonds is 10. The Morgan fingerprint density at radius 3 is 2.61 bits per heavy atom. The molecule has 0 aromatic rings. The molecule has 1 atom stereocenters. The van der Waals surface area contributed by atoms with Crippen molar-refractivity contribution in [3.05, 3.63) is 0 Å². The molecule has 0 rings (SSSR count). The second kappa shape index (κ2) is 11.3. The molecule has 0 aromatic carbocycles. The fourth-order valence-corrected chi connectivity index (χ4v) is 1.32. The van der Waals surface area contributed by atoms with Gasteiger partial charge in [-0.25, -0.2) is 4.79 Å². The predicted molar refractivity (Wildman–Crippen MR) is 69.6 cm³/mol.